The van der Waals surface area contributed by atoms with Crippen molar-refractivity contribution in [3.8, 4) is 0 Å². The molecule has 18 heavy (non-hydrogen) atoms. The van der Waals surface area contributed by atoms with Crippen LogP contribution in [0.15, 0.2) is 24.3 Å². The largest absolute Gasteiger partial charge is 0.468 e. The van der Waals surface area contributed by atoms with Gasteiger partial charge in [-0.1, -0.05) is 29.8 Å². The van der Waals surface area contributed by atoms with E-state index in [2.05, 4.69) is 4.74 Å². The minimum Gasteiger partial charge on any atom is -0.468 e. The number of carbonyl (C=O) groups is 1. The summed E-state index contributed by atoms with van der Waals surface area (Å²) < 4.78 is 28.4. The quantitative estimate of drug-likeness (QED) is 0.816. The van der Waals surface area contributed by atoms with Crippen molar-refractivity contribution in [3.05, 3.63) is 34.9 Å². The summed E-state index contributed by atoms with van der Waals surface area (Å²) in [4.78, 5) is 11.1. The maximum absolute atomic E-state index is 12.0. The molecule has 1 unspecified atom stereocenters. The molecule has 0 aromatic heterocycles. The van der Waals surface area contributed by atoms with Crippen molar-refractivity contribution in [3.63, 3.8) is 0 Å². The molecule has 0 fully saturated rings. The van der Waals surface area contributed by atoms with Crippen LogP contribution in [0.2, 0.25) is 5.02 Å². The van der Waals surface area contributed by atoms with Crippen LogP contribution in [0.3, 0.4) is 0 Å². The number of ether oxygens (including phenoxy) is 1. The second kappa shape index (κ2) is 6.17. The van der Waals surface area contributed by atoms with E-state index in [1.807, 2.05) is 0 Å². The van der Waals surface area contributed by atoms with Crippen molar-refractivity contribution in [1.29, 1.82) is 0 Å². The Labute approximate surface area is 111 Å². The van der Waals surface area contributed by atoms with E-state index in [9.17, 15) is 13.2 Å². The number of halogens is 1. The predicted molar refractivity (Wildman–Crippen MR) is 69.1 cm³/mol. The Morgan fingerprint density at radius 3 is 2.56 bits per heavy atom. The van der Waals surface area contributed by atoms with Crippen LogP contribution in [0.1, 0.15) is 10.8 Å². The zero-order valence-corrected chi connectivity index (χ0v) is 11.4. The van der Waals surface area contributed by atoms with Gasteiger partial charge in [-0.15, -0.1) is 0 Å². The van der Waals surface area contributed by atoms with Gasteiger partial charge in [0.2, 0.25) is 0 Å². The fourth-order valence-electron chi connectivity index (χ4n) is 1.53. The first-order chi connectivity index (χ1) is 8.42. The fraction of sp³-hybridized carbons (Fsp3) is 0.364. The molecule has 5 nitrogen and oxygen atoms in total. The molecule has 1 aromatic carbocycles. The second-order valence-corrected chi connectivity index (χ2v) is 6.22. The zero-order chi connectivity index (χ0) is 13.8. The fourth-order valence-corrected chi connectivity index (χ4v) is 3.39. The molecule has 0 aliphatic carbocycles. The van der Waals surface area contributed by atoms with Gasteiger partial charge in [0.15, 0.2) is 9.84 Å². The van der Waals surface area contributed by atoms with Crippen molar-refractivity contribution < 1.29 is 17.9 Å². The van der Waals surface area contributed by atoms with Crippen LogP contribution in [0.25, 0.3) is 0 Å². The first kappa shape index (κ1) is 14.9. The van der Waals surface area contributed by atoms with E-state index in [1.54, 1.807) is 24.3 Å². The van der Waals surface area contributed by atoms with Crippen LogP contribution in [0, 0.1) is 0 Å². The van der Waals surface area contributed by atoms with Crippen LogP contribution in [0.5, 0.6) is 0 Å². The molecule has 0 radical (unpaired) electrons. The summed E-state index contributed by atoms with van der Waals surface area (Å²) in [6.45, 7) is -0.150. The third-order valence-electron chi connectivity index (χ3n) is 2.45. The summed E-state index contributed by atoms with van der Waals surface area (Å²) in [7, 11) is -2.61. The van der Waals surface area contributed by atoms with E-state index < -0.39 is 26.8 Å². The number of sulfone groups is 1. The van der Waals surface area contributed by atoms with E-state index in [-0.39, 0.29) is 6.54 Å². The highest BCUT2D eigenvalue weighted by molar-refractivity contribution is 7.92. The summed E-state index contributed by atoms with van der Waals surface area (Å²) in [5.41, 5.74) is 5.88. The smallest absolute Gasteiger partial charge is 0.320 e. The van der Waals surface area contributed by atoms with Crippen LogP contribution < -0.4 is 5.73 Å². The van der Waals surface area contributed by atoms with E-state index in [4.69, 9.17) is 17.3 Å². The lowest BCUT2D eigenvalue weighted by Gasteiger charge is -2.16. The third kappa shape index (κ3) is 3.44. The summed E-state index contributed by atoms with van der Waals surface area (Å²) >= 11 is 5.94. The number of nitrogens with two attached hydrogens (primary N) is 1. The van der Waals surface area contributed by atoms with Gasteiger partial charge in [0.25, 0.3) is 0 Å². The van der Waals surface area contributed by atoms with Crippen LogP contribution in [-0.4, -0.2) is 33.8 Å². The third-order valence-corrected chi connectivity index (χ3v) is 4.74. The molecule has 0 aliphatic heterocycles. The summed E-state index contributed by atoms with van der Waals surface area (Å²) in [6, 6.07) is 6.51. The molecular weight excluding hydrogens is 278 g/mol. The molecule has 1 aromatic rings. The molecule has 0 bridgehead atoms. The molecule has 0 amide bonds. The Morgan fingerprint density at radius 1 is 1.44 bits per heavy atom. The Morgan fingerprint density at radius 2 is 2.06 bits per heavy atom. The van der Waals surface area contributed by atoms with Gasteiger partial charge < -0.3 is 10.5 Å². The average Bonchev–Trinajstić information content (AvgIpc) is 2.31. The number of hydrogen-bond acceptors (Lipinski definition) is 5. The van der Waals surface area contributed by atoms with Crippen LogP contribution in [0.4, 0.5) is 0 Å². The number of hydrogen-bond donors (Lipinski definition) is 1. The second-order valence-electron chi connectivity index (χ2n) is 3.63. The Balaban J connectivity index is 3.11. The Bertz CT molecular complexity index is 530. The SMILES string of the molecule is COC(=O)CS(=O)(=O)C(CN)c1ccccc1Cl. The molecule has 2 N–H and O–H groups in total. The molecule has 7 heteroatoms. The number of esters is 1. The Kier molecular flexibility index (Phi) is 5.13. The summed E-state index contributed by atoms with van der Waals surface area (Å²) in [6.07, 6.45) is 0. The summed E-state index contributed by atoms with van der Waals surface area (Å²) in [5.74, 6) is -1.53. The molecule has 0 heterocycles. The molecule has 100 valence electrons. The highest BCUT2D eigenvalue weighted by Gasteiger charge is 2.30. The van der Waals surface area contributed by atoms with Gasteiger partial charge in [0.1, 0.15) is 11.0 Å². The van der Waals surface area contributed by atoms with E-state index in [0.717, 1.165) is 7.11 Å². The van der Waals surface area contributed by atoms with Gasteiger partial charge in [-0.3, -0.25) is 4.79 Å². The van der Waals surface area contributed by atoms with Crippen molar-refractivity contribution in [1.82, 2.24) is 0 Å². The van der Waals surface area contributed by atoms with E-state index >= 15 is 0 Å². The number of methoxy groups -OCH3 is 1. The summed E-state index contributed by atoms with van der Waals surface area (Å²) in [5, 5.41) is -0.702. The van der Waals surface area contributed by atoms with E-state index in [1.165, 1.54) is 0 Å². The molecule has 1 atom stereocenters. The highest BCUT2D eigenvalue weighted by Crippen LogP contribution is 2.28. The standard InChI is InChI=1S/C11H14ClNO4S/c1-17-11(14)7-18(15,16)10(6-13)8-4-2-3-5-9(8)12/h2-5,10H,6-7,13H2,1H3. The van der Waals surface area contributed by atoms with E-state index in [0.29, 0.717) is 10.6 Å². The van der Waals surface area contributed by atoms with Gasteiger partial charge in [-0.2, -0.15) is 0 Å². The number of benzene rings is 1. The highest BCUT2D eigenvalue weighted by atomic mass is 35.5. The predicted octanol–water partition coefficient (Wildman–Crippen LogP) is 0.928. The lowest BCUT2D eigenvalue weighted by Crippen LogP contribution is -2.28. The first-order valence-electron chi connectivity index (χ1n) is 5.15. The van der Waals surface area contributed by atoms with Crippen molar-refractivity contribution in [2.45, 2.75) is 5.25 Å². The molecule has 0 aliphatic rings. The van der Waals surface area contributed by atoms with Crippen molar-refractivity contribution >= 4 is 27.4 Å². The molecule has 0 saturated carbocycles. The minimum absolute atomic E-state index is 0.150. The number of rotatable bonds is 5. The molecule has 0 spiro atoms. The van der Waals surface area contributed by atoms with Gasteiger partial charge >= 0.3 is 5.97 Å². The first-order valence-corrected chi connectivity index (χ1v) is 7.24. The minimum atomic E-state index is -3.74. The topological polar surface area (TPSA) is 86.5 Å². The lowest BCUT2D eigenvalue weighted by molar-refractivity contribution is -0.137. The molecule has 1 rings (SSSR count). The van der Waals surface area contributed by atoms with Crippen LogP contribution in [-0.2, 0) is 19.4 Å². The molecule has 0 saturated heterocycles. The van der Waals surface area contributed by atoms with Gasteiger partial charge in [-0.05, 0) is 11.6 Å². The lowest BCUT2D eigenvalue weighted by atomic mass is 10.1. The van der Waals surface area contributed by atoms with Gasteiger partial charge in [-0.25, -0.2) is 8.42 Å². The van der Waals surface area contributed by atoms with Gasteiger partial charge in [0, 0.05) is 11.6 Å². The molecular formula is C11H14ClNO4S. The monoisotopic (exact) mass is 291 g/mol. The maximum atomic E-state index is 12.0. The average molecular weight is 292 g/mol. The van der Waals surface area contributed by atoms with Crippen molar-refractivity contribution in [2.75, 3.05) is 19.4 Å². The normalized spacial score (nSPS) is 13.1. The number of carbonyl (C=O) groups excluding carboxylic acids is 1. The zero-order valence-electron chi connectivity index (χ0n) is 9.80. The Hall–Kier alpha value is -1.11. The van der Waals surface area contributed by atoms with Crippen molar-refractivity contribution in [2.24, 2.45) is 5.73 Å². The maximum Gasteiger partial charge on any atom is 0.320 e. The van der Waals surface area contributed by atoms with Gasteiger partial charge in [0.05, 0.1) is 7.11 Å². The van der Waals surface area contributed by atoms with Crippen LogP contribution >= 0.6 is 11.6 Å².